The van der Waals surface area contributed by atoms with Gasteiger partial charge in [0.25, 0.3) is 0 Å². The zero-order valence-electron chi connectivity index (χ0n) is 14.8. The fourth-order valence-corrected chi connectivity index (χ4v) is 2.34. The van der Waals surface area contributed by atoms with E-state index in [1.807, 2.05) is 9.80 Å². The molecule has 0 radical (unpaired) electrons. The van der Waals surface area contributed by atoms with Gasteiger partial charge in [-0.05, 0) is 12.8 Å². The number of ether oxygens (including phenoxy) is 2. The van der Waals surface area contributed by atoms with E-state index in [9.17, 15) is 0 Å². The minimum atomic E-state index is 0.0999. The van der Waals surface area contributed by atoms with Gasteiger partial charge in [0.05, 0.1) is 39.6 Å². The monoisotopic (exact) mass is 352 g/mol. The van der Waals surface area contributed by atoms with Crippen molar-refractivity contribution in [1.82, 2.24) is 9.80 Å². The van der Waals surface area contributed by atoms with Crippen LogP contribution >= 0.6 is 0 Å². The van der Waals surface area contributed by atoms with Crippen molar-refractivity contribution >= 4 is 0 Å². The van der Waals surface area contributed by atoms with E-state index in [4.69, 9.17) is 29.9 Å². The van der Waals surface area contributed by atoms with Crippen LogP contribution in [0.25, 0.3) is 0 Å². The largest absolute Gasteiger partial charge is 0.395 e. The first-order valence-corrected chi connectivity index (χ1v) is 8.82. The van der Waals surface area contributed by atoms with E-state index in [1.165, 1.54) is 0 Å². The lowest BCUT2D eigenvalue weighted by Crippen LogP contribution is -2.31. The van der Waals surface area contributed by atoms with Crippen molar-refractivity contribution in [2.75, 3.05) is 92.1 Å². The lowest BCUT2D eigenvalue weighted by molar-refractivity contribution is 0.0388. The highest BCUT2D eigenvalue weighted by Crippen LogP contribution is 1.94. The second-order valence-corrected chi connectivity index (χ2v) is 5.51. The number of aliphatic hydroxyl groups excluding tert-OH is 4. The van der Waals surface area contributed by atoms with Gasteiger partial charge >= 0.3 is 0 Å². The maximum absolute atomic E-state index is 8.90. The zero-order chi connectivity index (χ0) is 17.9. The highest BCUT2D eigenvalue weighted by molar-refractivity contribution is 4.57. The van der Waals surface area contributed by atoms with Gasteiger partial charge in [-0.1, -0.05) is 0 Å². The normalized spacial score (nSPS) is 11.8. The molecule has 0 amide bonds. The molecule has 0 rings (SSSR count). The van der Waals surface area contributed by atoms with Crippen LogP contribution in [0.3, 0.4) is 0 Å². The molecule has 0 aromatic heterocycles. The van der Waals surface area contributed by atoms with Crippen LogP contribution in [0.1, 0.15) is 12.8 Å². The van der Waals surface area contributed by atoms with Crippen LogP contribution < -0.4 is 0 Å². The maximum Gasteiger partial charge on any atom is 0.0700 e. The molecule has 8 heteroatoms. The fourth-order valence-electron chi connectivity index (χ4n) is 2.34. The van der Waals surface area contributed by atoms with Gasteiger partial charge in [-0.15, -0.1) is 0 Å². The van der Waals surface area contributed by atoms with Gasteiger partial charge < -0.3 is 29.9 Å². The van der Waals surface area contributed by atoms with E-state index in [1.54, 1.807) is 0 Å². The molecule has 0 aliphatic heterocycles. The van der Waals surface area contributed by atoms with Crippen LogP contribution in [0.5, 0.6) is 0 Å². The summed E-state index contributed by atoms with van der Waals surface area (Å²) in [6.07, 6.45) is 1.72. The van der Waals surface area contributed by atoms with Gasteiger partial charge in [0.1, 0.15) is 0 Å². The van der Waals surface area contributed by atoms with E-state index >= 15 is 0 Å². The minimum Gasteiger partial charge on any atom is -0.395 e. The number of aliphatic hydroxyl groups is 4. The second-order valence-electron chi connectivity index (χ2n) is 5.51. The molecule has 24 heavy (non-hydrogen) atoms. The molecule has 0 bridgehead atoms. The number of hydrogen-bond acceptors (Lipinski definition) is 8. The molecule has 0 spiro atoms. The van der Waals surface area contributed by atoms with Crippen LogP contribution in [0.15, 0.2) is 0 Å². The third-order valence-electron chi connectivity index (χ3n) is 3.56. The molecule has 0 atom stereocenters. The first-order chi connectivity index (χ1) is 11.8. The lowest BCUT2D eigenvalue weighted by atomic mass is 10.4. The topological polar surface area (TPSA) is 106 Å². The molecule has 0 saturated heterocycles. The molecular formula is C16H36N2O6. The van der Waals surface area contributed by atoms with E-state index in [0.717, 1.165) is 25.9 Å². The minimum absolute atomic E-state index is 0.0999. The maximum atomic E-state index is 8.90. The third-order valence-corrected chi connectivity index (χ3v) is 3.56. The van der Waals surface area contributed by atoms with Gasteiger partial charge in [0.2, 0.25) is 0 Å². The fraction of sp³-hybridized carbons (Fsp3) is 1.00. The van der Waals surface area contributed by atoms with Crippen molar-refractivity contribution in [3.63, 3.8) is 0 Å². The van der Waals surface area contributed by atoms with E-state index in [2.05, 4.69) is 0 Å². The Bertz CT molecular complexity index is 213. The lowest BCUT2D eigenvalue weighted by Gasteiger charge is -2.20. The Kier molecular flexibility index (Phi) is 18.8. The Hall–Kier alpha value is -0.320. The summed E-state index contributed by atoms with van der Waals surface area (Å²) in [5, 5.41) is 35.6. The smallest absolute Gasteiger partial charge is 0.0700 e. The molecule has 8 nitrogen and oxygen atoms in total. The predicted molar refractivity (Wildman–Crippen MR) is 92.1 cm³/mol. The predicted octanol–water partition coefficient (Wildman–Crippen LogP) is -1.63. The van der Waals surface area contributed by atoms with Crippen molar-refractivity contribution in [2.24, 2.45) is 0 Å². The van der Waals surface area contributed by atoms with Crippen LogP contribution in [-0.2, 0) is 9.47 Å². The Morgan fingerprint density at radius 2 is 0.792 bits per heavy atom. The van der Waals surface area contributed by atoms with Crippen molar-refractivity contribution in [1.29, 1.82) is 0 Å². The number of nitrogens with zero attached hydrogens (tertiary/aromatic N) is 2. The van der Waals surface area contributed by atoms with E-state index in [-0.39, 0.29) is 26.4 Å². The van der Waals surface area contributed by atoms with Crippen molar-refractivity contribution < 1.29 is 29.9 Å². The number of hydrogen-bond donors (Lipinski definition) is 4. The van der Waals surface area contributed by atoms with E-state index in [0.29, 0.717) is 52.6 Å². The Balaban J connectivity index is 3.38. The first-order valence-electron chi connectivity index (χ1n) is 8.82. The van der Waals surface area contributed by atoms with Crippen molar-refractivity contribution in [2.45, 2.75) is 12.8 Å². The molecule has 0 aliphatic carbocycles. The van der Waals surface area contributed by atoms with Gasteiger partial charge in [-0.25, -0.2) is 0 Å². The molecule has 0 aliphatic rings. The SMILES string of the molecule is OCCN(CCO)CCCOCCOCCCN(CCO)CCO. The number of rotatable bonds is 19. The zero-order valence-corrected chi connectivity index (χ0v) is 14.8. The Morgan fingerprint density at radius 1 is 0.458 bits per heavy atom. The summed E-state index contributed by atoms with van der Waals surface area (Å²) in [5.41, 5.74) is 0. The molecule has 0 fully saturated rings. The van der Waals surface area contributed by atoms with Crippen LogP contribution in [0.4, 0.5) is 0 Å². The van der Waals surface area contributed by atoms with E-state index < -0.39 is 0 Å². The van der Waals surface area contributed by atoms with Crippen LogP contribution in [0.2, 0.25) is 0 Å². The quantitative estimate of drug-likeness (QED) is 0.205. The summed E-state index contributed by atoms with van der Waals surface area (Å²) in [6.45, 7) is 6.68. The summed E-state index contributed by atoms with van der Waals surface area (Å²) < 4.78 is 11.0. The summed E-state index contributed by atoms with van der Waals surface area (Å²) >= 11 is 0. The van der Waals surface area contributed by atoms with Crippen molar-refractivity contribution in [3.8, 4) is 0 Å². The average Bonchev–Trinajstić information content (AvgIpc) is 2.57. The summed E-state index contributed by atoms with van der Waals surface area (Å²) in [4.78, 5) is 4.01. The Labute approximate surface area is 145 Å². The summed E-state index contributed by atoms with van der Waals surface area (Å²) in [6, 6.07) is 0. The first kappa shape index (κ1) is 23.7. The van der Waals surface area contributed by atoms with Crippen LogP contribution in [-0.4, -0.2) is 122 Å². The Morgan fingerprint density at radius 3 is 1.08 bits per heavy atom. The van der Waals surface area contributed by atoms with Gasteiger partial charge in [0.15, 0.2) is 0 Å². The molecule has 0 unspecified atom stereocenters. The summed E-state index contributed by atoms with van der Waals surface area (Å²) in [7, 11) is 0. The molecule has 0 saturated carbocycles. The van der Waals surface area contributed by atoms with Crippen molar-refractivity contribution in [3.05, 3.63) is 0 Å². The van der Waals surface area contributed by atoms with Gasteiger partial charge in [0, 0.05) is 52.5 Å². The van der Waals surface area contributed by atoms with Gasteiger partial charge in [-0.3, -0.25) is 9.80 Å². The summed E-state index contributed by atoms with van der Waals surface area (Å²) in [5.74, 6) is 0. The highest BCUT2D eigenvalue weighted by Gasteiger charge is 2.04. The molecular weight excluding hydrogens is 316 g/mol. The average molecular weight is 352 g/mol. The third kappa shape index (κ3) is 15.2. The molecule has 0 aromatic carbocycles. The molecule has 0 aromatic rings. The second kappa shape index (κ2) is 19.0. The van der Waals surface area contributed by atoms with Gasteiger partial charge in [-0.2, -0.15) is 0 Å². The molecule has 0 heterocycles. The standard InChI is InChI=1S/C16H36N2O6/c19-9-5-17(6-10-20)3-1-13-23-15-16-24-14-2-4-18(7-11-21)8-12-22/h19-22H,1-16H2. The van der Waals surface area contributed by atoms with Crippen LogP contribution in [0, 0.1) is 0 Å². The highest BCUT2D eigenvalue weighted by atomic mass is 16.5. The molecule has 146 valence electrons. The molecule has 4 N–H and O–H groups in total.